The summed E-state index contributed by atoms with van der Waals surface area (Å²) in [6.45, 7) is 1.29. The van der Waals surface area contributed by atoms with Crippen LogP contribution in [0, 0.1) is 0 Å². The van der Waals surface area contributed by atoms with Gasteiger partial charge < -0.3 is 19.5 Å². The van der Waals surface area contributed by atoms with E-state index < -0.39 is 17.9 Å². The molecule has 0 spiro atoms. The van der Waals surface area contributed by atoms with Crippen molar-refractivity contribution in [3.8, 4) is 0 Å². The van der Waals surface area contributed by atoms with Crippen molar-refractivity contribution in [3.63, 3.8) is 0 Å². The van der Waals surface area contributed by atoms with Gasteiger partial charge in [0.25, 0.3) is 0 Å². The van der Waals surface area contributed by atoms with E-state index in [1.54, 1.807) is 4.90 Å². The minimum Gasteiger partial charge on any atom is -0.481 e. The standard InChI is InChI=1S/C15H19NO6/c17-13(16-7-3-1-2-4-8-16)9-10(14(18)19)11-5-6-12(22-11)15(20)21/h5-6,10H,1-4,7-9H2,(H,18,19)(H,20,21). The van der Waals surface area contributed by atoms with Gasteiger partial charge in [0.2, 0.25) is 11.7 Å². The van der Waals surface area contributed by atoms with Crippen LogP contribution in [0.15, 0.2) is 16.5 Å². The van der Waals surface area contributed by atoms with E-state index in [-0.39, 0.29) is 23.8 Å². The van der Waals surface area contributed by atoms with Crippen LogP contribution in [-0.4, -0.2) is 46.0 Å². The third-order valence-electron chi connectivity index (χ3n) is 3.82. The number of rotatable bonds is 5. The summed E-state index contributed by atoms with van der Waals surface area (Å²) in [5, 5.41) is 18.1. The topological polar surface area (TPSA) is 108 Å². The number of carboxylic acid groups (broad SMARTS) is 2. The van der Waals surface area contributed by atoms with E-state index in [1.165, 1.54) is 12.1 Å². The fraction of sp³-hybridized carbons (Fsp3) is 0.533. The molecule has 7 nitrogen and oxygen atoms in total. The van der Waals surface area contributed by atoms with Gasteiger partial charge in [-0.2, -0.15) is 0 Å². The number of furan rings is 1. The lowest BCUT2D eigenvalue weighted by atomic mass is 10.0. The molecule has 1 saturated heterocycles. The highest BCUT2D eigenvalue weighted by molar-refractivity contribution is 5.87. The zero-order valence-electron chi connectivity index (χ0n) is 12.2. The van der Waals surface area contributed by atoms with E-state index in [2.05, 4.69) is 0 Å². The lowest BCUT2D eigenvalue weighted by Crippen LogP contribution is -2.33. The molecule has 0 saturated carbocycles. The van der Waals surface area contributed by atoms with Gasteiger partial charge in [0.1, 0.15) is 11.7 Å². The molecule has 0 radical (unpaired) electrons. The first kappa shape index (κ1) is 16.1. The predicted molar refractivity (Wildman–Crippen MR) is 75.7 cm³/mol. The Kier molecular flexibility index (Phi) is 5.19. The molecule has 22 heavy (non-hydrogen) atoms. The summed E-state index contributed by atoms with van der Waals surface area (Å²) in [5.41, 5.74) is 0. The van der Waals surface area contributed by atoms with Crippen LogP contribution >= 0.6 is 0 Å². The van der Waals surface area contributed by atoms with Gasteiger partial charge in [-0.1, -0.05) is 12.8 Å². The molecule has 0 aromatic carbocycles. The minimum absolute atomic E-state index is 0.00641. The summed E-state index contributed by atoms with van der Waals surface area (Å²) < 4.78 is 5.03. The van der Waals surface area contributed by atoms with Gasteiger partial charge in [0, 0.05) is 19.5 Å². The molecule has 0 aliphatic carbocycles. The van der Waals surface area contributed by atoms with Crippen molar-refractivity contribution in [2.24, 2.45) is 0 Å². The number of aliphatic carboxylic acids is 1. The Balaban J connectivity index is 2.08. The molecule has 2 heterocycles. The highest BCUT2D eigenvalue weighted by atomic mass is 16.4. The van der Waals surface area contributed by atoms with Crippen LogP contribution in [0.4, 0.5) is 0 Å². The van der Waals surface area contributed by atoms with Crippen molar-refractivity contribution in [3.05, 3.63) is 23.7 Å². The Morgan fingerprint density at radius 1 is 1.09 bits per heavy atom. The molecule has 1 atom stereocenters. The lowest BCUT2D eigenvalue weighted by Gasteiger charge is -2.21. The molecule has 7 heteroatoms. The second kappa shape index (κ2) is 7.11. The fourth-order valence-electron chi connectivity index (χ4n) is 2.59. The summed E-state index contributed by atoms with van der Waals surface area (Å²) in [6, 6.07) is 2.50. The number of hydrogen-bond donors (Lipinski definition) is 2. The molecule has 0 bridgehead atoms. The van der Waals surface area contributed by atoms with Crippen LogP contribution in [-0.2, 0) is 9.59 Å². The van der Waals surface area contributed by atoms with Gasteiger partial charge in [0.15, 0.2) is 0 Å². The van der Waals surface area contributed by atoms with Crippen molar-refractivity contribution in [2.45, 2.75) is 38.0 Å². The number of carboxylic acids is 2. The van der Waals surface area contributed by atoms with Crippen LogP contribution in [0.1, 0.15) is 54.3 Å². The van der Waals surface area contributed by atoms with Gasteiger partial charge >= 0.3 is 11.9 Å². The molecule has 2 N–H and O–H groups in total. The largest absolute Gasteiger partial charge is 0.481 e. The Bertz CT molecular complexity index is 556. The molecule has 1 aliphatic heterocycles. The third kappa shape index (κ3) is 3.87. The van der Waals surface area contributed by atoms with E-state index in [1.807, 2.05) is 0 Å². The maximum atomic E-state index is 12.3. The number of hydrogen-bond acceptors (Lipinski definition) is 4. The number of carbonyl (C=O) groups excluding carboxylic acids is 1. The maximum Gasteiger partial charge on any atom is 0.371 e. The van der Waals surface area contributed by atoms with Crippen molar-refractivity contribution in [1.82, 2.24) is 4.90 Å². The summed E-state index contributed by atoms with van der Waals surface area (Å²) in [4.78, 5) is 36.2. The first-order valence-electron chi connectivity index (χ1n) is 7.32. The first-order valence-corrected chi connectivity index (χ1v) is 7.32. The average molecular weight is 309 g/mol. The monoisotopic (exact) mass is 309 g/mol. The quantitative estimate of drug-likeness (QED) is 0.860. The lowest BCUT2D eigenvalue weighted by molar-refractivity contribution is -0.143. The SMILES string of the molecule is O=C(O)c1ccc(C(CC(=O)N2CCCCCC2)C(=O)O)o1. The molecule has 1 aromatic rings. The van der Waals surface area contributed by atoms with Gasteiger partial charge in [-0.05, 0) is 25.0 Å². The van der Waals surface area contributed by atoms with Gasteiger partial charge in [-0.15, -0.1) is 0 Å². The van der Waals surface area contributed by atoms with Crippen molar-refractivity contribution in [2.75, 3.05) is 13.1 Å². The maximum absolute atomic E-state index is 12.3. The van der Waals surface area contributed by atoms with E-state index in [0.717, 1.165) is 25.7 Å². The van der Waals surface area contributed by atoms with E-state index in [9.17, 15) is 19.5 Å². The second-order valence-corrected chi connectivity index (χ2v) is 5.40. The van der Waals surface area contributed by atoms with Crippen LogP contribution < -0.4 is 0 Å². The average Bonchev–Trinajstić information content (AvgIpc) is 2.79. The van der Waals surface area contributed by atoms with Gasteiger partial charge in [0.05, 0.1) is 0 Å². The number of carbonyl (C=O) groups is 3. The molecule has 2 rings (SSSR count). The Morgan fingerprint density at radius 2 is 1.73 bits per heavy atom. The Hall–Kier alpha value is -2.31. The van der Waals surface area contributed by atoms with E-state index in [4.69, 9.17) is 9.52 Å². The third-order valence-corrected chi connectivity index (χ3v) is 3.82. The number of amides is 1. The van der Waals surface area contributed by atoms with Crippen LogP contribution in [0.25, 0.3) is 0 Å². The van der Waals surface area contributed by atoms with Crippen LogP contribution in [0.2, 0.25) is 0 Å². The van der Waals surface area contributed by atoms with Gasteiger partial charge in [-0.3, -0.25) is 9.59 Å². The molecule has 1 aliphatic rings. The molecule has 1 unspecified atom stereocenters. The first-order chi connectivity index (χ1) is 10.5. The highest BCUT2D eigenvalue weighted by Gasteiger charge is 2.29. The zero-order valence-corrected chi connectivity index (χ0v) is 12.2. The molecular weight excluding hydrogens is 290 g/mol. The van der Waals surface area contributed by atoms with Crippen LogP contribution in [0.3, 0.4) is 0 Å². The van der Waals surface area contributed by atoms with Crippen molar-refractivity contribution < 1.29 is 29.0 Å². The minimum atomic E-state index is -1.27. The highest BCUT2D eigenvalue weighted by Crippen LogP contribution is 2.24. The van der Waals surface area contributed by atoms with E-state index >= 15 is 0 Å². The number of nitrogens with zero attached hydrogens (tertiary/aromatic N) is 1. The Labute approximate surface area is 127 Å². The van der Waals surface area contributed by atoms with Crippen molar-refractivity contribution >= 4 is 17.8 Å². The predicted octanol–water partition coefficient (Wildman–Crippen LogP) is 1.94. The summed E-state index contributed by atoms with van der Waals surface area (Å²) in [5.74, 6) is -4.20. The number of aromatic carboxylic acids is 1. The summed E-state index contributed by atoms with van der Waals surface area (Å²) in [7, 11) is 0. The summed E-state index contributed by atoms with van der Waals surface area (Å²) >= 11 is 0. The fourth-order valence-corrected chi connectivity index (χ4v) is 2.59. The summed E-state index contributed by atoms with van der Waals surface area (Å²) in [6.07, 6.45) is 3.78. The van der Waals surface area contributed by atoms with Gasteiger partial charge in [-0.25, -0.2) is 4.79 Å². The molecule has 1 fully saturated rings. The normalized spacial score (nSPS) is 16.8. The molecule has 1 amide bonds. The smallest absolute Gasteiger partial charge is 0.371 e. The second-order valence-electron chi connectivity index (χ2n) is 5.40. The van der Waals surface area contributed by atoms with Crippen LogP contribution in [0.5, 0.6) is 0 Å². The molecule has 1 aromatic heterocycles. The number of likely N-dealkylation sites (tertiary alicyclic amines) is 1. The molecule has 120 valence electrons. The molecular formula is C15H19NO6. The Morgan fingerprint density at radius 3 is 2.23 bits per heavy atom. The van der Waals surface area contributed by atoms with E-state index in [0.29, 0.717) is 13.1 Å². The van der Waals surface area contributed by atoms with Crippen molar-refractivity contribution in [1.29, 1.82) is 0 Å². The zero-order chi connectivity index (χ0) is 16.1.